The van der Waals surface area contributed by atoms with Gasteiger partial charge in [0.05, 0.1) is 17.1 Å². The topological polar surface area (TPSA) is 87.5 Å². The Morgan fingerprint density at radius 1 is 1.23 bits per heavy atom. The van der Waals surface area contributed by atoms with Crippen LogP contribution in [-0.4, -0.2) is 74.8 Å². The number of aryl methyl sites for hydroxylation is 1. The third kappa shape index (κ3) is 5.20. The second-order valence-corrected chi connectivity index (χ2v) is 10.6. The van der Waals surface area contributed by atoms with Crippen LogP contribution in [0.2, 0.25) is 0 Å². The number of pyridine rings is 1. The number of carbonyl (C=O) groups excluding carboxylic acids is 2. The molecule has 2 aromatic rings. The number of hydrogen-bond acceptors (Lipinski definition) is 8. The first-order valence-corrected chi connectivity index (χ1v) is 12.9. The summed E-state index contributed by atoms with van der Waals surface area (Å²) < 4.78 is 7.11. The third-order valence-electron chi connectivity index (χ3n) is 5.79. The zero-order valence-electron chi connectivity index (χ0n) is 20.3. The number of aromatic nitrogens is 2. The first kappa shape index (κ1) is 25.2. The summed E-state index contributed by atoms with van der Waals surface area (Å²) in [5, 5.41) is 0. The Hall–Kier alpha value is -2.92. The number of thiocarbonyl (C=S) groups is 1. The van der Waals surface area contributed by atoms with E-state index in [0.717, 1.165) is 5.56 Å². The fourth-order valence-corrected chi connectivity index (χ4v) is 5.34. The van der Waals surface area contributed by atoms with Gasteiger partial charge in [-0.2, -0.15) is 0 Å². The van der Waals surface area contributed by atoms with E-state index in [1.54, 1.807) is 35.1 Å². The molecule has 2 aliphatic heterocycles. The van der Waals surface area contributed by atoms with Gasteiger partial charge in [-0.15, -0.1) is 0 Å². The molecule has 35 heavy (non-hydrogen) atoms. The van der Waals surface area contributed by atoms with E-state index >= 15 is 0 Å². The zero-order valence-corrected chi connectivity index (χ0v) is 21.9. The lowest BCUT2D eigenvalue weighted by atomic mass is 10.2. The van der Waals surface area contributed by atoms with Crippen LogP contribution < -0.4 is 10.5 Å². The molecule has 0 atom stereocenters. The Bertz CT molecular complexity index is 1260. The number of anilines is 1. The minimum atomic E-state index is -0.344. The molecule has 2 aliphatic rings. The van der Waals surface area contributed by atoms with Gasteiger partial charge in [-0.3, -0.25) is 18.9 Å². The summed E-state index contributed by atoms with van der Waals surface area (Å²) >= 11 is 6.65. The molecule has 9 nitrogen and oxygen atoms in total. The van der Waals surface area contributed by atoms with E-state index in [1.165, 1.54) is 16.2 Å². The molecule has 0 bridgehead atoms. The van der Waals surface area contributed by atoms with E-state index < -0.39 is 0 Å². The largest absolute Gasteiger partial charge is 0.450 e. The molecule has 0 spiro atoms. The van der Waals surface area contributed by atoms with E-state index in [0.29, 0.717) is 65.6 Å². The maximum Gasteiger partial charge on any atom is 0.409 e. The molecule has 2 fully saturated rings. The summed E-state index contributed by atoms with van der Waals surface area (Å²) in [6.45, 7) is 10.5. The molecule has 0 aromatic carbocycles. The molecular weight excluding hydrogens is 486 g/mol. The number of hydrogen-bond donors (Lipinski definition) is 0. The predicted octanol–water partition coefficient (Wildman–Crippen LogP) is 3.14. The number of nitrogens with zero attached hydrogens (tertiary/aromatic N) is 5. The van der Waals surface area contributed by atoms with Gasteiger partial charge >= 0.3 is 6.09 Å². The lowest BCUT2D eigenvalue weighted by molar-refractivity contribution is -0.122. The van der Waals surface area contributed by atoms with Crippen LogP contribution in [0.3, 0.4) is 0 Å². The number of fused-ring (bicyclic) bond motifs is 1. The number of rotatable bonds is 5. The van der Waals surface area contributed by atoms with Gasteiger partial charge in [0.1, 0.15) is 15.8 Å². The Balaban J connectivity index is 1.74. The van der Waals surface area contributed by atoms with Crippen molar-refractivity contribution in [1.82, 2.24) is 19.2 Å². The summed E-state index contributed by atoms with van der Waals surface area (Å²) in [7, 11) is 0. The molecule has 2 saturated heterocycles. The van der Waals surface area contributed by atoms with E-state index in [4.69, 9.17) is 21.9 Å². The SMILES string of the molecule is CCOC(=O)N1CCN(c2nc3ccc(C)cn3c(=O)c2C=C2SC(=S)N(CC(C)C)C2=O)CC1. The summed E-state index contributed by atoms with van der Waals surface area (Å²) in [6.07, 6.45) is 3.02. The molecule has 186 valence electrons. The van der Waals surface area contributed by atoms with Crippen molar-refractivity contribution in [2.45, 2.75) is 27.7 Å². The van der Waals surface area contributed by atoms with Crippen molar-refractivity contribution < 1.29 is 14.3 Å². The molecule has 0 aliphatic carbocycles. The van der Waals surface area contributed by atoms with Gasteiger partial charge in [0.25, 0.3) is 11.5 Å². The molecular formula is C24H29N5O4S2. The Morgan fingerprint density at radius 2 is 1.94 bits per heavy atom. The van der Waals surface area contributed by atoms with Crippen molar-refractivity contribution in [2.24, 2.45) is 5.92 Å². The zero-order chi connectivity index (χ0) is 25.3. The first-order chi connectivity index (χ1) is 16.7. The van der Waals surface area contributed by atoms with E-state index in [-0.39, 0.29) is 23.5 Å². The normalized spacial score (nSPS) is 17.9. The van der Waals surface area contributed by atoms with Crippen molar-refractivity contribution in [1.29, 1.82) is 0 Å². The van der Waals surface area contributed by atoms with Crippen LogP contribution in [-0.2, 0) is 9.53 Å². The molecule has 0 radical (unpaired) electrons. The van der Waals surface area contributed by atoms with Gasteiger partial charge in [0.15, 0.2) is 0 Å². The van der Waals surface area contributed by atoms with Crippen molar-refractivity contribution in [2.75, 3.05) is 44.2 Å². The monoisotopic (exact) mass is 515 g/mol. The first-order valence-electron chi connectivity index (χ1n) is 11.6. The van der Waals surface area contributed by atoms with E-state index in [2.05, 4.69) is 0 Å². The second kappa shape index (κ2) is 10.4. The Morgan fingerprint density at radius 3 is 2.60 bits per heavy atom. The highest BCUT2D eigenvalue weighted by atomic mass is 32.2. The highest BCUT2D eigenvalue weighted by Gasteiger charge is 2.33. The van der Waals surface area contributed by atoms with Gasteiger partial charge in [0.2, 0.25) is 0 Å². The second-order valence-electron chi connectivity index (χ2n) is 8.95. The van der Waals surface area contributed by atoms with Gasteiger partial charge in [0, 0.05) is 38.9 Å². The fraction of sp³-hybridized carbons (Fsp3) is 0.458. The number of carbonyl (C=O) groups is 2. The van der Waals surface area contributed by atoms with Crippen LogP contribution in [0.4, 0.5) is 10.6 Å². The lowest BCUT2D eigenvalue weighted by Crippen LogP contribution is -2.49. The number of piperazine rings is 1. The minimum absolute atomic E-state index is 0.194. The van der Waals surface area contributed by atoms with Crippen LogP contribution in [0.5, 0.6) is 0 Å². The molecule has 4 heterocycles. The highest BCUT2D eigenvalue weighted by Crippen LogP contribution is 2.34. The maximum absolute atomic E-state index is 13.6. The van der Waals surface area contributed by atoms with E-state index in [9.17, 15) is 14.4 Å². The lowest BCUT2D eigenvalue weighted by Gasteiger charge is -2.35. The van der Waals surface area contributed by atoms with Crippen LogP contribution in [0.15, 0.2) is 28.0 Å². The minimum Gasteiger partial charge on any atom is -0.450 e. The van der Waals surface area contributed by atoms with Crippen molar-refractivity contribution in [3.05, 3.63) is 44.7 Å². The highest BCUT2D eigenvalue weighted by molar-refractivity contribution is 8.26. The molecule has 0 unspecified atom stereocenters. The summed E-state index contributed by atoms with van der Waals surface area (Å²) in [5.74, 6) is 0.566. The Labute approximate surface area is 213 Å². The summed E-state index contributed by atoms with van der Waals surface area (Å²) in [4.78, 5) is 49.3. The van der Waals surface area contributed by atoms with Crippen molar-refractivity contribution in [3.63, 3.8) is 0 Å². The van der Waals surface area contributed by atoms with E-state index in [1.807, 2.05) is 31.7 Å². The quantitative estimate of drug-likeness (QED) is 0.443. The van der Waals surface area contributed by atoms with Crippen LogP contribution >= 0.6 is 24.0 Å². The third-order valence-corrected chi connectivity index (χ3v) is 7.17. The summed E-state index contributed by atoms with van der Waals surface area (Å²) in [6, 6.07) is 3.71. The molecule has 2 aromatic heterocycles. The molecule has 0 N–H and O–H groups in total. The van der Waals surface area contributed by atoms with Crippen LogP contribution in [0, 0.1) is 12.8 Å². The van der Waals surface area contributed by atoms with Gasteiger partial charge < -0.3 is 14.5 Å². The number of ether oxygens (including phenoxy) is 1. The maximum atomic E-state index is 13.6. The fourth-order valence-electron chi connectivity index (χ4n) is 4.08. The molecule has 4 rings (SSSR count). The van der Waals surface area contributed by atoms with Crippen LogP contribution in [0.25, 0.3) is 11.7 Å². The average molecular weight is 516 g/mol. The molecule has 11 heteroatoms. The smallest absolute Gasteiger partial charge is 0.409 e. The van der Waals surface area contributed by atoms with Gasteiger partial charge in [-0.05, 0) is 37.5 Å². The molecule has 2 amide bonds. The number of thioether (sulfide) groups is 1. The van der Waals surface area contributed by atoms with Crippen molar-refractivity contribution in [3.8, 4) is 0 Å². The number of amides is 2. The standard InChI is InChI=1S/C24H29N5O4S2/c1-5-33-23(32)27-10-8-26(9-11-27)20-17(21(30)28-14-16(4)6-7-19(28)25-20)12-18-22(31)29(13-15(2)3)24(34)35-18/h6-7,12,14-15H,5,8-11,13H2,1-4H3. The van der Waals surface area contributed by atoms with Crippen LogP contribution in [0.1, 0.15) is 31.9 Å². The van der Waals surface area contributed by atoms with Gasteiger partial charge in [-0.25, -0.2) is 9.78 Å². The average Bonchev–Trinajstić information content (AvgIpc) is 3.08. The summed E-state index contributed by atoms with van der Waals surface area (Å²) in [5.41, 5.74) is 1.53. The molecule has 0 saturated carbocycles. The van der Waals surface area contributed by atoms with Crippen molar-refractivity contribution >= 4 is 57.8 Å². The Kier molecular flexibility index (Phi) is 7.46. The van der Waals surface area contributed by atoms with Gasteiger partial charge in [-0.1, -0.05) is 43.9 Å². The predicted molar refractivity (Wildman–Crippen MR) is 142 cm³/mol.